The summed E-state index contributed by atoms with van der Waals surface area (Å²) in [5.74, 6) is 5.92. The van der Waals surface area contributed by atoms with Gasteiger partial charge in [0, 0.05) is 10.9 Å². The third kappa shape index (κ3) is 5.91. The van der Waals surface area contributed by atoms with Crippen LogP contribution in [0.3, 0.4) is 0 Å². The predicted molar refractivity (Wildman–Crippen MR) is 138 cm³/mol. The molecule has 0 unspecified atom stereocenters. The van der Waals surface area contributed by atoms with Crippen LogP contribution in [0.1, 0.15) is 60.1 Å². The van der Waals surface area contributed by atoms with Crippen molar-refractivity contribution in [2.75, 3.05) is 0 Å². The molecule has 0 bridgehead atoms. The Morgan fingerprint density at radius 3 is 1.76 bits per heavy atom. The molecular weight excluding hydrogens is 403 g/mol. The molecule has 0 atom stereocenters. The number of fused-ring (bicyclic) bond motifs is 1. The molecule has 0 fully saturated rings. The largest absolute Gasteiger partial charge is 0.205 e. The van der Waals surface area contributed by atoms with E-state index in [-0.39, 0.29) is 5.82 Å². The second-order valence-electron chi connectivity index (χ2n) is 8.75. The lowest BCUT2D eigenvalue weighted by Gasteiger charge is -2.05. The third-order valence-electron chi connectivity index (χ3n) is 6.12. The maximum Gasteiger partial charge on any atom is 0.146 e. The molecule has 0 aliphatic heterocycles. The summed E-state index contributed by atoms with van der Waals surface area (Å²) in [6.45, 7) is 4.37. The van der Waals surface area contributed by atoms with Gasteiger partial charge in [-0.15, -0.1) is 0 Å². The van der Waals surface area contributed by atoms with Gasteiger partial charge in [-0.2, -0.15) is 0 Å². The molecule has 1 heteroatoms. The van der Waals surface area contributed by atoms with Gasteiger partial charge in [-0.1, -0.05) is 99.2 Å². The first-order valence-electron chi connectivity index (χ1n) is 12.1. The minimum absolute atomic E-state index is 0.232. The highest BCUT2D eigenvalue weighted by molar-refractivity contribution is 5.85. The van der Waals surface area contributed by atoms with Crippen molar-refractivity contribution >= 4 is 10.8 Å². The number of aryl methyl sites for hydroxylation is 4. The van der Waals surface area contributed by atoms with Gasteiger partial charge in [-0.05, 0) is 71.5 Å². The second kappa shape index (κ2) is 11.0. The SMILES string of the molecule is CCCc1ccc(CCc2ccc(C#Cc3ccc4cc(CCC)ccc4c3F)cc2)cc1. The number of hydrogen-bond donors (Lipinski definition) is 0. The van der Waals surface area contributed by atoms with Crippen molar-refractivity contribution in [2.45, 2.75) is 52.4 Å². The van der Waals surface area contributed by atoms with Crippen molar-refractivity contribution in [3.8, 4) is 11.8 Å². The molecule has 4 rings (SSSR count). The van der Waals surface area contributed by atoms with Gasteiger partial charge in [-0.3, -0.25) is 0 Å². The first-order valence-corrected chi connectivity index (χ1v) is 12.1. The third-order valence-corrected chi connectivity index (χ3v) is 6.12. The van der Waals surface area contributed by atoms with Crippen LogP contribution in [0.5, 0.6) is 0 Å². The molecule has 4 aromatic carbocycles. The second-order valence-corrected chi connectivity index (χ2v) is 8.75. The van der Waals surface area contributed by atoms with Crippen molar-refractivity contribution in [1.82, 2.24) is 0 Å². The number of rotatable bonds is 7. The van der Waals surface area contributed by atoms with Crippen molar-refractivity contribution < 1.29 is 4.39 Å². The standard InChI is InChI=1S/C32H31F/c1-3-5-24-7-9-25(10-8-24)11-12-26-13-15-27(16-14-26)17-19-29-20-21-30-23-28(6-4-2)18-22-31(30)32(29)33/h7-10,13-16,18,20-23H,3-6,11-12H2,1-2H3. The zero-order valence-electron chi connectivity index (χ0n) is 19.6. The molecule has 0 spiro atoms. The minimum atomic E-state index is -0.232. The van der Waals surface area contributed by atoms with E-state index in [1.807, 2.05) is 30.3 Å². The van der Waals surface area contributed by atoms with E-state index in [4.69, 9.17) is 0 Å². The van der Waals surface area contributed by atoms with Crippen LogP contribution >= 0.6 is 0 Å². The normalized spacial score (nSPS) is 10.8. The number of benzene rings is 4. The van der Waals surface area contributed by atoms with Crippen LogP contribution < -0.4 is 0 Å². The molecule has 33 heavy (non-hydrogen) atoms. The van der Waals surface area contributed by atoms with Crippen LogP contribution in [0.15, 0.2) is 78.9 Å². The lowest BCUT2D eigenvalue weighted by molar-refractivity contribution is 0.636. The Kier molecular flexibility index (Phi) is 7.59. The zero-order chi connectivity index (χ0) is 23.0. The van der Waals surface area contributed by atoms with Crippen molar-refractivity contribution in [3.05, 3.63) is 118 Å². The van der Waals surface area contributed by atoms with Gasteiger partial charge < -0.3 is 0 Å². The summed E-state index contributed by atoms with van der Waals surface area (Å²) in [5.41, 5.74) is 6.66. The minimum Gasteiger partial charge on any atom is -0.205 e. The summed E-state index contributed by atoms with van der Waals surface area (Å²) in [6, 6.07) is 27.0. The van der Waals surface area contributed by atoms with Crippen LogP contribution in [0.4, 0.5) is 4.39 Å². The first kappa shape index (κ1) is 22.8. The summed E-state index contributed by atoms with van der Waals surface area (Å²) in [4.78, 5) is 0. The predicted octanol–water partition coefficient (Wildman–Crippen LogP) is 8.07. The summed E-state index contributed by atoms with van der Waals surface area (Å²) < 4.78 is 15.0. The highest BCUT2D eigenvalue weighted by Crippen LogP contribution is 2.23. The van der Waals surface area contributed by atoms with Crippen LogP contribution in [-0.4, -0.2) is 0 Å². The quantitative estimate of drug-likeness (QED) is 0.258. The van der Waals surface area contributed by atoms with Crippen LogP contribution in [0.2, 0.25) is 0 Å². The molecule has 0 saturated carbocycles. The molecule has 0 nitrogen and oxygen atoms in total. The van der Waals surface area contributed by atoms with Gasteiger partial charge in [0.2, 0.25) is 0 Å². The molecule has 0 saturated heterocycles. The molecule has 0 aliphatic carbocycles. The summed E-state index contributed by atoms with van der Waals surface area (Å²) >= 11 is 0. The van der Waals surface area contributed by atoms with Gasteiger partial charge in [0.15, 0.2) is 0 Å². The topological polar surface area (TPSA) is 0 Å². The van der Waals surface area contributed by atoms with Crippen LogP contribution in [0, 0.1) is 17.7 Å². The smallest absolute Gasteiger partial charge is 0.146 e. The van der Waals surface area contributed by atoms with E-state index in [9.17, 15) is 4.39 Å². The Hall–Kier alpha value is -3.37. The van der Waals surface area contributed by atoms with E-state index in [0.717, 1.165) is 43.1 Å². The highest BCUT2D eigenvalue weighted by Gasteiger charge is 2.06. The molecule has 0 aliphatic rings. The molecule has 0 aromatic heterocycles. The monoisotopic (exact) mass is 434 g/mol. The summed E-state index contributed by atoms with van der Waals surface area (Å²) in [5, 5.41) is 1.58. The van der Waals surface area contributed by atoms with Gasteiger partial charge in [0.1, 0.15) is 5.82 Å². The Bertz CT molecular complexity index is 1270. The van der Waals surface area contributed by atoms with E-state index in [0.29, 0.717) is 10.9 Å². The average molecular weight is 435 g/mol. The Morgan fingerprint density at radius 1 is 0.576 bits per heavy atom. The molecule has 4 aromatic rings. The van der Waals surface area contributed by atoms with E-state index >= 15 is 0 Å². The Morgan fingerprint density at radius 2 is 1.12 bits per heavy atom. The lowest BCUT2D eigenvalue weighted by atomic mass is 10.0. The zero-order valence-corrected chi connectivity index (χ0v) is 19.6. The van der Waals surface area contributed by atoms with Crippen LogP contribution in [0.25, 0.3) is 10.8 Å². The molecule has 166 valence electrons. The number of halogens is 1. The lowest BCUT2D eigenvalue weighted by Crippen LogP contribution is -1.92. The fourth-order valence-electron chi connectivity index (χ4n) is 4.23. The molecule has 0 amide bonds. The Balaban J connectivity index is 1.42. The average Bonchev–Trinajstić information content (AvgIpc) is 2.84. The van der Waals surface area contributed by atoms with Crippen molar-refractivity contribution in [2.24, 2.45) is 0 Å². The van der Waals surface area contributed by atoms with Gasteiger partial charge in [-0.25, -0.2) is 4.39 Å². The fourth-order valence-corrected chi connectivity index (χ4v) is 4.23. The fraction of sp³-hybridized carbons (Fsp3) is 0.250. The Labute approximate surface area is 197 Å². The van der Waals surface area contributed by atoms with E-state index < -0.39 is 0 Å². The van der Waals surface area contributed by atoms with Crippen LogP contribution in [-0.2, 0) is 25.7 Å². The molecule has 0 radical (unpaired) electrons. The van der Waals surface area contributed by atoms with E-state index in [1.165, 1.54) is 28.7 Å². The maximum atomic E-state index is 15.0. The molecule has 0 N–H and O–H groups in total. The van der Waals surface area contributed by atoms with Gasteiger partial charge in [0.05, 0.1) is 5.56 Å². The summed E-state index contributed by atoms with van der Waals surface area (Å²) in [6.07, 6.45) is 6.45. The van der Waals surface area contributed by atoms with Crippen molar-refractivity contribution in [3.63, 3.8) is 0 Å². The first-order chi connectivity index (χ1) is 16.2. The molecular formula is C32H31F. The number of hydrogen-bond acceptors (Lipinski definition) is 0. The maximum absolute atomic E-state index is 15.0. The highest BCUT2D eigenvalue weighted by atomic mass is 19.1. The van der Waals surface area contributed by atoms with Crippen molar-refractivity contribution in [1.29, 1.82) is 0 Å². The van der Waals surface area contributed by atoms with Gasteiger partial charge >= 0.3 is 0 Å². The molecule has 0 heterocycles. The summed E-state index contributed by atoms with van der Waals surface area (Å²) in [7, 11) is 0. The van der Waals surface area contributed by atoms with E-state index in [1.54, 1.807) is 6.07 Å². The van der Waals surface area contributed by atoms with E-state index in [2.05, 4.69) is 68.2 Å². The van der Waals surface area contributed by atoms with Gasteiger partial charge in [0.25, 0.3) is 0 Å².